The quantitative estimate of drug-likeness (QED) is 0.812. The molecule has 23 heavy (non-hydrogen) atoms. The van der Waals surface area contributed by atoms with Crippen LogP contribution in [0.4, 0.5) is 0 Å². The van der Waals surface area contributed by atoms with Gasteiger partial charge in [-0.15, -0.1) is 0 Å². The van der Waals surface area contributed by atoms with Gasteiger partial charge in [-0.3, -0.25) is 0 Å². The Labute approximate surface area is 143 Å². The van der Waals surface area contributed by atoms with Crippen molar-refractivity contribution in [2.24, 2.45) is 22.7 Å². The van der Waals surface area contributed by atoms with Crippen LogP contribution in [0.1, 0.15) is 52.4 Å². The van der Waals surface area contributed by atoms with Crippen molar-refractivity contribution in [3.05, 3.63) is 0 Å². The highest BCUT2D eigenvalue weighted by atomic mass is 15.2. The Morgan fingerprint density at radius 3 is 2.26 bits per heavy atom. The van der Waals surface area contributed by atoms with E-state index in [0.29, 0.717) is 5.41 Å². The van der Waals surface area contributed by atoms with Gasteiger partial charge in [-0.2, -0.15) is 0 Å². The Balaban J connectivity index is 1.18. The number of nitrogens with one attached hydrogen (secondary N) is 1. The number of rotatable bonds is 6. The summed E-state index contributed by atoms with van der Waals surface area (Å²) in [5.74, 6) is 1.84. The third-order valence-corrected chi connectivity index (χ3v) is 7.10. The molecule has 4 aliphatic rings. The Bertz CT molecular complexity index is 403. The lowest BCUT2D eigenvalue weighted by molar-refractivity contribution is 0.116. The Morgan fingerprint density at radius 2 is 1.74 bits per heavy atom. The second-order valence-corrected chi connectivity index (χ2v) is 9.91. The van der Waals surface area contributed by atoms with E-state index in [1.807, 2.05) is 0 Å². The SMILES string of the molecule is CC(C)CC1(CN2CCC(CN3CCC4(CNC4)C3)CC2)CC1. The van der Waals surface area contributed by atoms with Crippen LogP contribution in [0.3, 0.4) is 0 Å². The summed E-state index contributed by atoms with van der Waals surface area (Å²) in [7, 11) is 0. The zero-order valence-electron chi connectivity index (χ0n) is 15.4. The van der Waals surface area contributed by atoms with Gasteiger partial charge >= 0.3 is 0 Å². The summed E-state index contributed by atoms with van der Waals surface area (Å²) >= 11 is 0. The van der Waals surface area contributed by atoms with Crippen molar-refractivity contribution in [2.45, 2.75) is 52.4 Å². The normalized spacial score (nSPS) is 30.9. The Morgan fingerprint density at radius 1 is 1.00 bits per heavy atom. The minimum absolute atomic E-state index is 0.676. The fourth-order valence-corrected chi connectivity index (χ4v) is 5.59. The van der Waals surface area contributed by atoms with Crippen molar-refractivity contribution in [1.82, 2.24) is 15.1 Å². The maximum absolute atomic E-state index is 3.48. The molecule has 3 aliphatic heterocycles. The predicted octanol–water partition coefficient (Wildman–Crippen LogP) is 2.82. The molecule has 0 radical (unpaired) electrons. The molecule has 3 heteroatoms. The molecule has 0 amide bonds. The molecular formula is C20H37N3. The third-order valence-electron chi connectivity index (χ3n) is 7.10. The van der Waals surface area contributed by atoms with Gasteiger partial charge in [0, 0.05) is 38.1 Å². The van der Waals surface area contributed by atoms with Crippen LogP contribution in [0.25, 0.3) is 0 Å². The van der Waals surface area contributed by atoms with Crippen molar-refractivity contribution in [1.29, 1.82) is 0 Å². The van der Waals surface area contributed by atoms with E-state index in [4.69, 9.17) is 0 Å². The Kier molecular flexibility index (Phi) is 4.49. The number of nitrogens with zero attached hydrogens (tertiary/aromatic N) is 2. The molecule has 0 unspecified atom stereocenters. The van der Waals surface area contributed by atoms with Crippen molar-refractivity contribution in [3.8, 4) is 0 Å². The molecular weight excluding hydrogens is 282 g/mol. The van der Waals surface area contributed by atoms with Crippen molar-refractivity contribution >= 4 is 0 Å². The maximum Gasteiger partial charge on any atom is 0.00918 e. The smallest absolute Gasteiger partial charge is 0.00918 e. The van der Waals surface area contributed by atoms with E-state index in [0.717, 1.165) is 17.3 Å². The summed E-state index contributed by atoms with van der Waals surface area (Å²) in [6, 6.07) is 0. The third kappa shape index (κ3) is 3.77. The van der Waals surface area contributed by atoms with Crippen LogP contribution in [-0.2, 0) is 0 Å². The number of likely N-dealkylation sites (tertiary alicyclic amines) is 2. The van der Waals surface area contributed by atoms with Gasteiger partial charge in [-0.05, 0) is 75.4 Å². The number of hydrogen-bond donors (Lipinski definition) is 1. The molecule has 4 fully saturated rings. The molecule has 0 atom stereocenters. The summed E-state index contributed by atoms with van der Waals surface area (Å²) in [5.41, 5.74) is 1.40. The van der Waals surface area contributed by atoms with Crippen LogP contribution in [0.5, 0.6) is 0 Å². The maximum atomic E-state index is 3.48. The summed E-state index contributed by atoms with van der Waals surface area (Å²) in [5, 5.41) is 3.48. The topological polar surface area (TPSA) is 18.5 Å². The number of piperidine rings is 1. The average molecular weight is 320 g/mol. The molecule has 4 rings (SSSR count). The molecule has 0 aromatic heterocycles. The minimum atomic E-state index is 0.676. The second-order valence-electron chi connectivity index (χ2n) is 9.91. The zero-order chi connectivity index (χ0) is 15.9. The lowest BCUT2D eigenvalue weighted by Crippen LogP contribution is -2.54. The first-order valence-electron chi connectivity index (χ1n) is 10.2. The largest absolute Gasteiger partial charge is 0.315 e. The highest BCUT2D eigenvalue weighted by Crippen LogP contribution is 2.51. The average Bonchev–Trinajstić information content (AvgIpc) is 3.07. The van der Waals surface area contributed by atoms with E-state index in [9.17, 15) is 0 Å². The Hall–Kier alpha value is -0.120. The van der Waals surface area contributed by atoms with Gasteiger partial charge in [-0.1, -0.05) is 13.8 Å². The van der Waals surface area contributed by atoms with Gasteiger partial charge in [0.25, 0.3) is 0 Å². The standard InChI is InChI=1S/C20H37N3/c1-17(2)11-19(5-6-19)15-22-8-3-18(4-9-22)12-23-10-7-20(16-23)13-21-14-20/h17-18,21H,3-16H2,1-2H3. The van der Waals surface area contributed by atoms with E-state index < -0.39 is 0 Å². The van der Waals surface area contributed by atoms with Gasteiger partial charge < -0.3 is 15.1 Å². The van der Waals surface area contributed by atoms with Gasteiger partial charge in [0.1, 0.15) is 0 Å². The fourth-order valence-electron chi connectivity index (χ4n) is 5.59. The fraction of sp³-hybridized carbons (Fsp3) is 1.00. The van der Waals surface area contributed by atoms with Gasteiger partial charge in [-0.25, -0.2) is 0 Å². The molecule has 0 bridgehead atoms. The van der Waals surface area contributed by atoms with Crippen LogP contribution in [0.2, 0.25) is 0 Å². The minimum Gasteiger partial charge on any atom is -0.315 e. The molecule has 1 saturated carbocycles. The first kappa shape index (κ1) is 16.4. The molecule has 1 N–H and O–H groups in total. The van der Waals surface area contributed by atoms with E-state index in [1.165, 1.54) is 90.9 Å². The van der Waals surface area contributed by atoms with Gasteiger partial charge in [0.15, 0.2) is 0 Å². The molecule has 0 aromatic rings. The first-order chi connectivity index (χ1) is 11.1. The summed E-state index contributed by atoms with van der Waals surface area (Å²) < 4.78 is 0. The highest BCUT2D eigenvalue weighted by molar-refractivity contribution is 5.00. The second kappa shape index (κ2) is 6.31. The molecule has 132 valence electrons. The van der Waals surface area contributed by atoms with Crippen LogP contribution in [0.15, 0.2) is 0 Å². The van der Waals surface area contributed by atoms with Crippen molar-refractivity contribution in [2.75, 3.05) is 52.4 Å². The van der Waals surface area contributed by atoms with Gasteiger partial charge in [0.05, 0.1) is 0 Å². The first-order valence-corrected chi connectivity index (χ1v) is 10.2. The molecule has 3 saturated heterocycles. The van der Waals surface area contributed by atoms with Crippen LogP contribution >= 0.6 is 0 Å². The summed E-state index contributed by atoms with van der Waals surface area (Å²) in [6.07, 6.45) is 8.77. The van der Waals surface area contributed by atoms with Crippen LogP contribution < -0.4 is 5.32 Å². The molecule has 3 heterocycles. The van der Waals surface area contributed by atoms with Crippen LogP contribution in [0, 0.1) is 22.7 Å². The molecule has 3 nitrogen and oxygen atoms in total. The lowest BCUT2D eigenvalue weighted by atomic mass is 9.81. The zero-order valence-corrected chi connectivity index (χ0v) is 15.4. The lowest BCUT2D eigenvalue weighted by Gasteiger charge is -2.40. The van der Waals surface area contributed by atoms with Gasteiger partial charge in [0.2, 0.25) is 0 Å². The van der Waals surface area contributed by atoms with E-state index in [1.54, 1.807) is 0 Å². The van der Waals surface area contributed by atoms with Crippen molar-refractivity contribution in [3.63, 3.8) is 0 Å². The van der Waals surface area contributed by atoms with E-state index >= 15 is 0 Å². The summed E-state index contributed by atoms with van der Waals surface area (Å²) in [4.78, 5) is 5.58. The van der Waals surface area contributed by atoms with Crippen LogP contribution in [-0.4, -0.2) is 62.2 Å². The van der Waals surface area contributed by atoms with E-state index in [2.05, 4.69) is 29.0 Å². The highest BCUT2D eigenvalue weighted by Gasteiger charge is 2.45. The van der Waals surface area contributed by atoms with Crippen molar-refractivity contribution < 1.29 is 0 Å². The van der Waals surface area contributed by atoms with E-state index in [-0.39, 0.29) is 0 Å². The summed E-state index contributed by atoms with van der Waals surface area (Å²) in [6.45, 7) is 15.6. The number of hydrogen-bond acceptors (Lipinski definition) is 3. The molecule has 0 aromatic carbocycles. The predicted molar refractivity (Wildman–Crippen MR) is 96.6 cm³/mol. The molecule has 1 spiro atoms. The molecule has 1 aliphatic carbocycles. The monoisotopic (exact) mass is 319 g/mol.